The van der Waals surface area contributed by atoms with Gasteiger partial charge in [-0.3, -0.25) is 0 Å². The van der Waals surface area contributed by atoms with Gasteiger partial charge in [0.05, 0.1) is 5.60 Å². The highest BCUT2D eigenvalue weighted by molar-refractivity contribution is 5.25. The number of nitrogens with two attached hydrogens (primary N) is 1. The summed E-state index contributed by atoms with van der Waals surface area (Å²) in [4.78, 5) is 0. The molecule has 1 saturated carbocycles. The fourth-order valence-electron chi connectivity index (χ4n) is 2.31. The van der Waals surface area contributed by atoms with E-state index in [9.17, 15) is 9.50 Å². The molecule has 0 heterocycles. The highest BCUT2D eigenvalue weighted by Crippen LogP contribution is 2.39. The molecule has 0 atom stereocenters. The first kappa shape index (κ1) is 11.6. The standard InChI is InChI=1S/C13H18FNO/c1-12(16)6-8-13(15,9-7-12)10-2-4-11(14)5-3-10/h2-5,16H,6-9,15H2,1H3. The van der Waals surface area contributed by atoms with Crippen molar-refractivity contribution in [2.45, 2.75) is 43.7 Å². The van der Waals surface area contributed by atoms with Crippen LogP contribution in [-0.4, -0.2) is 10.7 Å². The maximum absolute atomic E-state index is 12.8. The fraction of sp³-hybridized carbons (Fsp3) is 0.538. The van der Waals surface area contributed by atoms with E-state index in [2.05, 4.69) is 0 Å². The van der Waals surface area contributed by atoms with E-state index in [1.54, 1.807) is 12.1 Å². The lowest BCUT2D eigenvalue weighted by molar-refractivity contribution is 0.000895. The van der Waals surface area contributed by atoms with Crippen LogP contribution in [0.25, 0.3) is 0 Å². The number of hydrogen-bond donors (Lipinski definition) is 2. The Bertz CT molecular complexity index is 362. The van der Waals surface area contributed by atoms with Gasteiger partial charge in [0.15, 0.2) is 0 Å². The zero-order chi connectivity index (χ0) is 11.8. The van der Waals surface area contributed by atoms with E-state index < -0.39 is 11.1 Å². The molecule has 3 N–H and O–H groups in total. The molecule has 2 nitrogen and oxygen atoms in total. The van der Waals surface area contributed by atoms with Gasteiger partial charge in [-0.15, -0.1) is 0 Å². The maximum atomic E-state index is 12.8. The largest absolute Gasteiger partial charge is 0.390 e. The topological polar surface area (TPSA) is 46.2 Å². The molecule has 1 aromatic rings. The van der Waals surface area contributed by atoms with E-state index in [1.807, 2.05) is 6.92 Å². The van der Waals surface area contributed by atoms with Crippen molar-refractivity contribution < 1.29 is 9.50 Å². The lowest BCUT2D eigenvalue weighted by Gasteiger charge is -2.40. The SMILES string of the molecule is CC1(O)CCC(N)(c2ccc(F)cc2)CC1. The molecule has 1 fully saturated rings. The fourth-order valence-corrected chi connectivity index (χ4v) is 2.31. The van der Waals surface area contributed by atoms with Crippen molar-refractivity contribution in [2.24, 2.45) is 5.73 Å². The molecular weight excluding hydrogens is 205 g/mol. The quantitative estimate of drug-likeness (QED) is 0.767. The molecule has 0 aromatic heterocycles. The van der Waals surface area contributed by atoms with Crippen LogP contribution in [0.2, 0.25) is 0 Å². The minimum atomic E-state index is -0.594. The van der Waals surface area contributed by atoms with Crippen LogP contribution in [0.4, 0.5) is 4.39 Å². The molecule has 0 unspecified atom stereocenters. The van der Waals surface area contributed by atoms with Crippen LogP contribution in [0.15, 0.2) is 24.3 Å². The van der Waals surface area contributed by atoms with E-state index in [-0.39, 0.29) is 5.82 Å². The molecule has 1 aliphatic carbocycles. The van der Waals surface area contributed by atoms with Crippen LogP contribution in [0, 0.1) is 5.82 Å². The molecule has 88 valence electrons. The summed E-state index contributed by atoms with van der Waals surface area (Å²) in [6, 6.07) is 6.37. The predicted molar refractivity (Wildman–Crippen MR) is 61.4 cm³/mol. The van der Waals surface area contributed by atoms with Crippen LogP contribution in [-0.2, 0) is 5.54 Å². The molecule has 2 rings (SSSR count). The number of hydrogen-bond acceptors (Lipinski definition) is 2. The second kappa shape index (κ2) is 3.82. The predicted octanol–water partition coefficient (Wildman–Crippen LogP) is 2.30. The lowest BCUT2D eigenvalue weighted by Crippen LogP contribution is -2.45. The van der Waals surface area contributed by atoms with Gasteiger partial charge in [0.25, 0.3) is 0 Å². The average Bonchev–Trinajstić information content (AvgIpc) is 2.24. The first-order valence-electron chi connectivity index (χ1n) is 5.69. The summed E-state index contributed by atoms with van der Waals surface area (Å²) in [5.41, 5.74) is 6.28. The van der Waals surface area contributed by atoms with E-state index in [0.29, 0.717) is 12.8 Å². The van der Waals surface area contributed by atoms with Gasteiger partial charge >= 0.3 is 0 Å². The third kappa shape index (κ3) is 2.25. The van der Waals surface area contributed by atoms with Gasteiger partial charge in [-0.05, 0) is 50.3 Å². The van der Waals surface area contributed by atoms with Crippen molar-refractivity contribution in [3.05, 3.63) is 35.6 Å². The maximum Gasteiger partial charge on any atom is 0.123 e. The first-order valence-corrected chi connectivity index (χ1v) is 5.69. The van der Waals surface area contributed by atoms with Gasteiger partial charge in [0.2, 0.25) is 0 Å². The number of benzene rings is 1. The molecule has 0 bridgehead atoms. The summed E-state index contributed by atoms with van der Waals surface area (Å²) in [5.74, 6) is -0.241. The zero-order valence-electron chi connectivity index (χ0n) is 9.54. The monoisotopic (exact) mass is 223 g/mol. The molecule has 0 saturated heterocycles. The summed E-state index contributed by atoms with van der Waals surface area (Å²) in [6.07, 6.45) is 2.87. The van der Waals surface area contributed by atoms with Crippen molar-refractivity contribution in [3.8, 4) is 0 Å². The van der Waals surface area contributed by atoms with Crippen LogP contribution >= 0.6 is 0 Å². The lowest BCUT2D eigenvalue weighted by atomic mass is 9.72. The second-order valence-electron chi connectivity index (χ2n) is 5.16. The van der Waals surface area contributed by atoms with Crippen LogP contribution in [0.1, 0.15) is 38.2 Å². The van der Waals surface area contributed by atoms with Crippen molar-refractivity contribution in [1.82, 2.24) is 0 Å². The molecular formula is C13H18FNO. The Labute approximate surface area is 95.3 Å². The van der Waals surface area contributed by atoms with E-state index in [1.165, 1.54) is 12.1 Å². The second-order valence-corrected chi connectivity index (χ2v) is 5.16. The van der Waals surface area contributed by atoms with Crippen molar-refractivity contribution in [2.75, 3.05) is 0 Å². The normalized spacial score (nSPS) is 35.0. The number of halogens is 1. The van der Waals surface area contributed by atoms with Gasteiger partial charge < -0.3 is 10.8 Å². The summed E-state index contributed by atoms with van der Waals surface area (Å²) < 4.78 is 12.8. The Hall–Kier alpha value is -0.930. The Morgan fingerprint density at radius 3 is 2.12 bits per heavy atom. The Morgan fingerprint density at radius 2 is 1.62 bits per heavy atom. The van der Waals surface area contributed by atoms with Gasteiger partial charge in [0.1, 0.15) is 5.82 Å². The van der Waals surface area contributed by atoms with Crippen LogP contribution in [0.5, 0.6) is 0 Å². The van der Waals surface area contributed by atoms with Crippen molar-refractivity contribution in [1.29, 1.82) is 0 Å². The molecule has 1 aliphatic rings. The van der Waals surface area contributed by atoms with Crippen molar-refractivity contribution in [3.63, 3.8) is 0 Å². The molecule has 1 aromatic carbocycles. The first-order chi connectivity index (χ1) is 7.41. The van der Waals surface area contributed by atoms with E-state index in [0.717, 1.165) is 18.4 Å². The summed E-state index contributed by atoms with van der Waals surface area (Å²) in [6.45, 7) is 1.84. The zero-order valence-corrected chi connectivity index (χ0v) is 9.54. The van der Waals surface area contributed by atoms with Gasteiger partial charge in [-0.2, -0.15) is 0 Å². The van der Waals surface area contributed by atoms with E-state index in [4.69, 9.17) is 5.73 Å². The highest BCUT2D eigenvalue weighted by atomic mass is 19.1. The van der Waals surface area contributed by atoms with Gasteiger partial charge in [-0.1, -0.05) is 12.1 Å². The third-order valence-electron chi connectivity index (χ3n) is 3.64. The van der Waals surface area contributed by atoms with E-state index >= 15 is 0 Å². The summed E-state index contributed by atoms with van der Waals surface area (Å²) >= 11 is 0. The van der Waals surface area contributed by atoms with Crippen molar-refractivity contribution >= 4 is 0 Å². The minimum Gasteiger partial charge on any atom is -0.390 e. The Balaban J connectivity index is 2.18. The number of aliphatic hydroxyl groups is 1. The summed E-state index contributed by atoms with van der Waals surface area (Å²) in [5, 5.41) is 9.88. The number of rotatable bonds is 1. The smallest absolute Gasteiger partial charge is 0.123 e. The molecule has 16 heavy (non-hydrogen) atoms. The minimum absolute atomic E-state index is 0.241. The van der Waals surface area contributed by atoms with Gasteiger partial charge in [0, 0.05) is 5.54 Å². The van der Waals surface area contributed by atoms with Crippen LogP contribution < -0.4 is 5.73 Å². The molecule has 3 heteroatoms. The summed E-state index contributed by atoms with van der Waals surface area (Å²) in [7, 11) is 0. The highest BCUT2D eigenvalue weighted by Gasteiger charge is 2.37. The third-order valence-corrected chi connectivity index (χ3v) is 3.64. The molecule has 0 aliphatic heterocycles. The van der Waals surface area contributed by atoms with Gasteiger partial charge in [-0.25, -0.2) is 4.39 Å². The molecule has 0 spiro atoms. The Morgan fingerprint density at radius 1 is 1.12 bits per heavy atom. The average molecular weight is 223 g/mol. The van der Waals surface area contributed by atoms with Crippen LogP contribution in [0.3, 0.4) is 0 Å². The molecule has 0 amide bonds. The Kier molecular flexibility index (Phi) is 2.76. The molecule has 0 radical (unpaired) electrons.